The van der Waals surface area contributed by atoms with E-state index in [0.717, 1.165) is 58.5 Å². The number of H-pyrrole nitrogens is 1. The summed E-state index contributed by atoms with van der Waals surface area (Å²) in [4.78, 5) is 16.3. The molecule has 5 rings (SSSR count). The number of nitrogens with zero attached hydrogens (tertiary/aromatic N) is 4. The minimum Gasteiger partial charge on any atom is -0.383 e. The van der Waals surface area contributed by atoms with Crippen molar-refractivity contribution >= 4 is 27.9 Å². The third-order valence-electron chi connectivity index (χ3n) is 5.01. The van der Waals surface area contributed by atoms with Crippen LogP contribution >= 0.6 is 0 Å². The van der Waals surface area contributed by atoms with E-state index < -0.39 is 0 Å². The summed E-state index contributed by atoms with van der Waals surface area (Å²) in [7, 11) is 0. The number of imidazole rings is 1. The van der Waals surface area contributed by atoms with Gasteiger partial charge in [-0.25, -0.2) is 15.0 Å². The fourth-order valence-corrected chi connectivity index (χ4v) is 3.71. The summed E-state index contributed by atoms with van der Waals surface area (Å²) in [6, 6.07) is 6.34. The van der Waals surface area contributed by atoms with Crippen molar-refractivity contribution < 1.29 is 0 Å². The van der Waals surface area contributed by atoms with Crippen molar-refractivity contribution in [3.8, 4) is 11.8 Å². The number of aromatic amines is 1. The number of nitrogen functional groups attached to an aromatic ring is 1. The topological polar surface area (TPSA) is 97.4 Å². The van der Waals surface area contributed by atoms with Crippen molar-refractivity contribution in [2.45, 2.75) is 19.4 Å². The number of fused-ring (bicyclic) bond motifs is 2. The molecule has 7 nitrogen and oxygen atoms in total. The predicted octanol–water partition coefficient (Wildman–Crippen LogP) is 2.13. The fraction of sp³-hybridized carbons (Fsp3) is 0.250. The highest BCUT2D eigenvalue weighted by Crippen LogP contribution is 2.28. The molecule has 0 amide bonds. The highest BCUT2D eigenvalue weighted by atomic mass is 15.1. The maximum Gasteiger partial charge on any atom is 0.147 e. The third kappa shape index (κ3) is 2.71. The molecule has 27 heavy (non-hydrogen) atoms. The quantitative estimate of drug-likeness (QED) is 0.454. The van der Waals surface area contributed by atoms with Crippen molar-refractivity contribution in [3.63, 3.8) is 0 Å². The molecule has 1 aromatic carbocycles. The van der Waals surface area contributed by atoms with Gasteiger partial charge < -0.3 is 20.6 Å². The Balaban J connectivity index is 1.61. The lowest BCUT2D eigenvalue weighted by molar-refractivity contribution is 0.561. The van der Waals surface area contributed by atoms with E-state index in [-0.39, 0.29) is 0 Å². The number of anilines is 1. The lowest BCUT2D eigenvalue weighted by atomic mass is 10.1. The Morgan fingerprint density at radius 2 is 2.19 bits per heavy atom. The zero-order valence-electron chi connectivity index (χ0n) is 15.0. The molecule has 1 fully saturated rings. The summed E-state index contributed by atoms with van der Waals surface area (Å²) < 4.78 is 2.18. The normalized spacial score (nSPS) is 16.7. The number of aromatic nitrogens is 5. The van der Waals surface area contributed by atoms with Gasteiger partial charge >= 0.3 is 0 Å². The highest BCUT2D eigenvalue weighted by Gasteiger charge is 2.21. The van der Waals surface area contributed by atoms with Crippen LogP contribution in [0, 0.1) is 18.8 Å². The Kier molecular flexibility index (Phi) is 3.59. The van der Waals surface area contributed by atoms with E-state index in [9.17, 15) is 0 Å². The van der Waals surface area contributed by atoms with E-state index in [2.05, 4.69) is 47.9 Å². The van der Waals surface area contributed by atoms with Crippen LogP contribution in [0.2, 0.25) is 0 Å². The molecule has 134 valence electrons. The summed E-state index contributed by atoms with van der Waals surface area (Å²) in [5, 5.41) is 4.22. The molecular weight excluding hydrogens is 338 g/mol. The van der Waals surface area contributed by atoms with Gasteiger partial charge in [0.05, 0.1) is 22.0 Å². The van der Waals surface area contributed by atoms with Gasteiger partial charge in [-0.2, -0.15) is 0 Å². The molecule has 1 saturated heterocycles. The second kappa shape index (κ2) is 6.11. The molecule has 3 aromatic heterocycles. The van der Waals surface area contributed by atoms with E-state index in [1.807, 2.05) is 25.1 Å². The number of nitrogens with one attached hydrogen (secondary N) is 2. The smallest absolute Gasteiger partial charge is 0.147 e. The predicted molar refractivity (Wildman–Crippen MR) is 105 cm³/mol. The zero-order chi connectivity index (χ0) is 18.4. The molecular formula is C20H19N7. The molecule has 0 unspecified atom stereocenters. The van der Waals surface area contributed by atoms with Crippen molar-refractivity contribution in [3.05, 3.63) is 47.7 Å². The molecule has 0 bridgehead atoms. The first-order valence-electron chi connectivity index (χ1n) is 8.99. The van der Waals surface area contributed by atoms with Gasteiger partial charge in [0, 0.05) is 24.3 Å². The van der Waals surface area contributed by atoms with Gasteiger partial charge in [0.15, 0.2) is 0 Å². The number of benzene rings is 1. The number of aryl methyl sites for hydroxylation is 1. The Hall–Kier alpha value is -3.37. The molecule has 4 aromatic rings. The Labute approximate surface area is 156 Å². The number of hydrogen-bond acceptors (Lipinski definition) is 5. The zero-order valence-corrected chi connectivity index (χ0v) is 15.0. The van der Waals surface area contributed by atoms with Gasteiger partial charge in [-0.05, 0) is 38.1 Å². The van der Waals surface area contributed by atoms with Crippen LogP contribution in [0.1, 0.15) is 29.4 Å². The summed E-state index contributed by atoms with van der Waals surface area (Å²) in [5.41, 5.74) is 10.7. The van der Waals surface area contributed by atoms with Crippen LogP contribution in [0.15, 0.2) is 30.7 Å². The van der Waals surface area contributed by atoms with Gasteiger partial charge in [-0.15, -0.1) is 0 Å². The van der Waals surface area contributed by atoms with Crippen LogP contribution in [0.5, 0.6) is 0 Å². The SMILES string of the molecule is Cc1nc2ccc(C#Cc3cn([C@H]4CCNC4)c4ncnc(N)c34)cc2[nH]1. The van der Waals surface area contributed by atoms with Crippen molar-refractivity contribution in [1.82, 2.24) is 29.8 Å². The lowest BCUT2D eigenvalue weighted by Gasteiger charge is -2.11. The van der Waals surface area contributed by atoms with E-state index in [1.54, 1.807) is 0 Å². The number of rotatable bonds is 1. The summed E-state index contributed by atoms with van der Waals surface area (Å²) in [6.07, 6.45) is 4.64. The van der Waals surface area contributed by atoms with Gasteiger partial charge in [0.25, 0.3) is 0 Å². The molecule has 0 saturated carbocycles. The molecule has 0 radical (unpaired) electrons. The Morgan fingerprint density at radius 3 is 3.04 bits per heavy atom. The van der Waals surface area contributed by atoms with E-state index in [0.29, 0.717) is 11.9 Å². The first kappa shape index (κ1) is 15.9. The number of nitrogens with two attached hydrogens (primary N) is 1. The van der Waals surface area contributed by atoms with Crippen LogP contribution in [-0.2, 0) is 0 Å². The van der Waals surface area contributed by atoms with Crippen LogP contribution in [0.3, 0.4) is 0 Å². The van der Waals surface area contributed by atoms with Crippen LogP contribution < -0.4 is 11.1 Å². The van der Waals surface area contributed by atoms with Crippen LogP contribution in [-0.4, -0.2) is 37.6 Å². The summed E-state index contributed by atoms with van der Waals surface area (Å²) in [6.45, 7) is 3.88. The van der Waals surface area contributed by atoms with Crippen molar-refractivity contribution in [1.29, 1.82) is 0 Å². The monoisotopic (exact) mass is 357 g/mol. The van der Waals surface area contributed by atoms with E-state index >= 15 is 0 Å². The minimum absolute atomic E-state index is 0.363. The molecule has 1 aliphatic rings. The average Bonchev–Trinajstić information content (AvgIpc) is 3.37. The minimum atomic E-state index is 0.363. The van der Waals surface area contributed by atoms with Crippen LogP contribution in [0.4, 0.5) is 5.82 Å². The summed E-state index contributed by atoms with van der Waals surface area (Å²) in [5.74, 6) is 7.89. The van der Waals surface area contributed by atoms with Gasteiger partial charge in [-0.3, -0.25) is 0 Å². The highest BCUT2D eigenvalue weighted by molar-refractivity contribution is 5.92. The molecule has 0 aliphatic carbocycles. The average molecular weight is 357 g/mol. The third-order valence-corrected chi connectivity index (χ3v) is 5.01. The molecule has 4 heterocycles. The Bertz CT molecular complexity index is 1220. The van der Waals surface area contributed by atoms with Crippen molar-refractivity contribution in [2.24, 2.45) is 0 Å². The van der Waals surface area contributed by atoms with E-state index in [4.69, 9.17) is 5.73 Å². The molecule has 1 atom stereocenters. The molecule has 7 heteroatoms. The number of hydrogen-bond donors (Lipinski definition) is 3. The largest absolute Gasteiger partial charge is 0.383 e. The lowest BCUT2D eigenvalue weighted by Crippen LogP contribution is -2.13. The van der Waals surface area contributed by atoms with Crippen molar-refractivity contribution in [2.75, 3.05) is 18.8 Å². The standard InChI is InChI=1S/C20H19N7/c1-12-25-16-5-3-13(8-17(16)26-12)2-4-14-10-27(15-6-7-22-9-15)20-18(14)19(21)23-11-24-20/h3,5,8,10-11,15,22H,6-7,9H2,1H3,(H,25,26)(H2,21,23,24)/t15-/m0/s1. The maximum atomic E-state index is 6.15. The fourth-order valence-electron chi connectivity index (χ4n) is 3.71. The molecule has 0 spiro atoms. The molecule has 1 aliphatic heterocycles. The Morgan fingerprint density at radius 1 is 1.26 bits per heavy atom. The second-order valence-electron chi connectivity index (χ2n) is 6.86. The second-order valence-corrected chi connectivity index (χ2v) is 6.86. The van der Waals surface area contributed by atoms with Gasteiger partial charge in [0.1, 0.15) is 23.6 Å². The summed E-state index contributed by atoms with van der Waals surface area (Å²) >= 11 is 0. The van der Waals surface area contributed by atoms with Gasteiger partial charge in [0.2, 0.25) is 0 Å². The van der Waals surface area contributed by atoms with E-state index in [1.165, 1.54) is 6.33 Å². The van der Waals surface area contributed by atoms with Gasteiger partial charge in [-0.1, -0.05) is 11.8 Å². The first-order chi connectivity index (χ1) is 13.2. The maximum absolute atomic E-state index is 6.15. The van der Waals surface area contributed by atoms with Crippen LogP contribution in [0.25, 0.3) is 22.1 Å². The first-order valence-corrected chi connectivity index (χ1v) is 8.99. The molecule has 4 N–H and O–H groups in total.